The summed E-state index contributed by atoms with van der Waals surface area (Å²) >= 11 is 0. The molecule has 1 aliphatic heterocycles. The van der Waals surface area contributed by atoms with Gasteiger partial charge in [-0.1, -0.05) is 25.5 Å². The predicted octanol–water partition coefficient (Wildman–Crippen LogP) is 1.68. The summed E-state index contributed by atoms with van der Waals surface area (Å²) in [7, 11) is -2.09. The van der Waals surface area contributed by atoms with Gasteiger partial charge in [0.15, 0.2) is 0 Å². The number of hydrogen-bond donors (Lipinski definition) is 1. The van der Waals surface area contributed by atoms with Crippen LogP contribution in [0.2, 0.25) is 0 Å². The van der Waals surface area contributed by atoms with E-state index in [0.717, 1.165) is 18.4 Å². The van der Waals surface area contributed by atoms with Gasteiger partial charge in [0, 0.05) is 13.1 Å². The van der Waals surface area contributed by atoms with Crippen molar-refractivity contribution in [3.8, 4) is 0 Å². The highest BCUT2D eigenvalue weighted by molar-refractivity contribution is 7.89. The van der Waals surface area contributed by atoms with Gasteiger partial charge in [-0.3, -0.25) is 4.79 Å². The van der Waals surface area contributed by atoms with E-state index in [2.05, 4.69) is 10.1 Å². The Balaban J connectivity index is 2.00. The Morgan fingerprint density at radius 3 is 2.54 bits per heavy atom. The number of carbonyl (C=O) groups excluding carboxylic acids is 2. The Morgan fingerprint density at radius 1 is 1.23 bits per heavy atom. The van der Waals surface area contributed by atoms with Crippen molar-refractivity contribution in [2.24, 2.45) is 0 Å². The smallest absolute Gasteiger partial charge is 0.337 e. The number of hydrogen-bond acceptors (Lipinski definition) is 5. The normalized spacial score (nSPS) is 18.3. The lowest BCUT2D eigenvalue weighted by molar-refractivity contribution is -0.125. The first-order valence-electron chi connectivity index (χ1n) is 8.83. The van der Waals surface area contributed by atoms with Crippen LogP contribution in [0.1, 0.15) is 48.5 Å². The van der Waals surface area contributed by atoms with E-state index in [0.29, 0.717) is 24.9 Å². The molecule has 1 aliphatic rings. The van der Waals surface area contributed by atoms with Crippen molar-refractivity contribution in [2.75, 3.05) is 19.4 Å². The molecule has 0 saturated carbocycles. The Morgan fingerprint density at radius 2 is 1.92 bits per heavy atom. The van der Waals surface area contributed by atoms with Gasteiger partial charge in [0.1, 0.15) is 6.04 Å². The Hall–Kier alpha value is -1.93. The van der Waals surface area contributed by atoms with Crippen LogP contribution >= 0.6 is 0 Å². The quantitative estimate of drug-likeness (QED) is 0.725. The second-order valence-electron chi connectivity index (χ2n) is 6.34. The van der Waals surface area contributed by atoms with E-state index >= 15 is 0 Å². The van der Waals surface area contributed by atoms with Gasteiger partial charge in [0.2, 0.25) is 15.9 Å². The van der Waals surface area contributed by atoms with Gasteiger partial charge in [-0.05, 0) is 37.0 Å². The highest BCUT2D eigenvalue weighted by Crippen LogP contribution is 2.21. The van der Waals surface area contributed by atoms with Gasteiger partial charge in [-0.2, -0.15) is 4.31 Å². The molecule has 26 heavy (non-hydrogen) atoms. The fourth-order valence-corrected chi connectivity index (χ4v) is 4.81. The fraction of sp³-hybridized carbons (Fsp3) is 0.556. The number of nitrogens with one attached hydrogen (secondary N) is 1. The third kappa shape index (κ3) is 5.04. The molecular weight excluding hydrogens is 356 g/mol. The number of nitrogens with zero attached hydrogens (tertiary/aromatic N) is 1. The van der Waals surface area contributed by atoms with Crippen LogP contribution in [0.3, 0.4) is 0 Å². The molecule has 0 aromatic heterocycles. The zero-order chi connectivity index (χ0) is 19.2. The third-order valence-electron chi connectivity index (χ3n) is 4.42. The molecule has 1 N–H and O–H groups in total. The topological polar surface area (TPSA) is 92.8 Å². The van der Waals surface area contributed by atoms with Crippen LogP contribution in [0.25, 0.3) is 0 Å². The average Bonchev–Trinajstić information content (AvgIpc) is 2.66. The van der Waals surface area contributed by atoms with Crippen molar-refractivity contribution in [3.63, 3.8) is 0 Å². The molecule has 144 valence electrons. The minimum atomic E-state index is -3.41. The molecule has 0 radical (unpaired) electrons. The average molecular weight is 382 g/mol. The summed E-state index contributed by atoms with van der Waals surface area (Å²) in [4.78, 5) is 24.0. The van der Waals surface area contributed by atoms with Crippen LogP contribution in [0, 0.1) is 0 Å². The number of esters is 1. The van der Waals surface area contributed by atoms with Crippen molar-refractivity contribution < 1.29 is 22.7 Å². The molecule has 1 atom stereocenters. The molecule has 2 rings (SSSR count). The predicted molar refractivity (Wildman–Crippen MR) is 98.1 cm³/mol. The molecule has 0 spiro atoms. The van der Waals surface area contributed by atoms with E-state index in [4.69, 9.17) is 0 Å². The summed E-state index contributed by atoms with van der Waals surface area (Å²) in [6.07, 6.45) is 2.68. The fourth-order valence-electron chi connectivity index (χ4n) is 3.06. The lowest BCUT2D eigenvalue weighted by Crippen LogP contribution is -2.52. The van der Waals surface area contributed by atoms with Crippen molar-refractivity contribution in [3.05, 3.63) is 35.4 Å². The van der Waals surface area contributed by atoms with Crippen molar-refractivity contribution in [2.45, 2.75) is 45.2 Å². The highest BCUT2D eigenvalue weighted by Gasteiger charge is 2.35. The van der Waals surface area contributed by atoms with Crippen LogP contribution in [-0.2, 0) is 26.1 Å². The first-order chi connectivity index (χ1) is 12.4. The number of piperidine rings is 1. The summed E-state index contributed by atoms with van der Waals surface area (Å²) in [5, 5.41) is 2.81. The standard InChI is InChI=1S/C18H26N2O5S/c1-3-12-26(23,24)20-11-5-4-6-16(20)17(21)19-13-14-7-9-15(10-8-14)18(22)25-2/h7-10,16H,3-6,11-13H2,1-2H3,(H,19,21). The molecule has 1 fully saturated rings. The lowest BCUT2D eigenvalue weighted by Gasteiger charge is -2.33. The number of rotatable bonds is 7. The van der Waals surface area contributed by atoms with Crippen molar-refractivity contribution in [1.82, 2.24) is 9.62 Å². The molecule has 1 unspecified atom stereocenters. The van der Waals surface area contributed by atoms with Gasteiger partial charge < -0.3 is 10.1 Å². The molecule has 1 heterocycles. The van der Waals surface area contributed by atoms with Gasteiger partial charge in [0.05, 0.1) is 18.4 Å². The number of amides is 1. The molecule has 0 aliphatic carbocycles. The summed E-state index contributed by atoms with van der Waals surface area (Å²) in [5.74, 6) is -0.632. The first kappa shape index (κ1) is 20.4. The summed E-state index contributed by atoms with van der Waals surface area (Å²) in [6.45, 7) is 2.49. The van der Waals surface area contributed by atoms with Crippen LogP contribution in [0.4, 0.5) is 0 Å². The zero-order valence-corrected chi connectivity index (χ0v) is 16.0. The van der Waals surface area contributed by atoms with Crippen LogP contribution in [-0.4, -0.2) is 50.0 Å². The van der Waals surface area contributed by atoms with E-state index in [1.165, 1.54) is 11.4 Å². The highest BCUT2D eigenvalue weighted by atomic mass is 32.2. The lowest BCUT2D eigenvalue weighted by atomic mass is 10.0. The van der Waals surface area contributed by atoms with Gasteiger partial charge in [0.25, 0.3) is 0 Å². The minimum Gasteiger partial charge on any atom is -0.465 e. The summed E-state index contributed by atoms with van der Waals surface area (Å²) in [6, 6.07) is 6.09. The Kier molecular flexibility index (Phi) is 7.16. The third-order valence-corrected chi connectivity index (χ3v) is 6.49. The molecule has 0 bridgehead atoms. The molecule has 7 nitrogen and oxygen atoms in total. The second-order valence-corrected chi connectivity index (χ2v) is 8.39. The van der Waals surface area contributed by atoms with E-state index < -0.39 is 22.0 Å². The molecule has 1 aromatic rings. The maximum atomic E-state index is 12.6. The van der Waals surface area contributed by atoms with Crippen molar-refractivity contribution in [1.29, 1.82) is 0 Å². The van der Waals surface area contributed by atoms with Crippen LogP contribution in [0.5, 0.6) is 0 Å². The number of methoxy groups -OCH3 is 1. The number of carbonyl (C=O) groups is 2. The first-order valence-corrected chi connectivity index (χ1v) is 10.4. The molecule has 1 saturated heterocycles. The van der Waals surface area contributed by atoms with Crippen molar-refractivity contribution >= 4 is 21.9 Å². The van der Waals surface area contributed by atoms with E-state index in [-0.39, 0.29) is 18.2 Å². The summed E-state index contributed by atoms with van der Waals surface area (Å²) in [5.41, 5.74) is 1.26. The molecule has 8 heteroatoms. The van der Waals surface area contributed by atoms with E-state index in [1.807, 2.05) is 6.92 Å². The van der Waals surface area contributed by atoms with E-state index in [9.17, 15) is 18.0 Å². The summed E-state index contributed by atoms with van der Waals surface area (Å²) < 4.78 is 30.8. The SMILES string of the molecule is CCCS(=O)(=O)N1CCCCC1C(=O)NCc1ccc(C(=O)OC)cc1. The monoisotopic (exact) mass is 382 g/mol. The molecule has 1 amide bonds. The maximum Gasteiger partial charge on any atom is 0.337 e. The van der Waals surface area contributed by atoms with Gasteiger partial charge >= 0.3 is 5.97 Å². The number of sulfonamides is 1. The Labute approximate surface area is 154 Å². The number of ether oxygens (including phenoxy) is 1. The van der Waals surface area contributed by atoms with Crippen LogP contribution < -0.4 is 5.32 Å². The Bertz CT molecular complexity index is 730. The van der Waals surface area contributed by atoms with Crippen LogP contribution in [0.15, 0.2) is 24.3 Å². The molecule has 1 aromatic carbocycles. The van der Waals surface area contributed by atoms with E-state index in [1.54, 1.807) is 24.3 Å². The zero-order valence-electron chi connectivity index (χ0n) is 15.2. The van der Waals surface area contributed by atoms with Gasteiger partial charge in [-0.15, -0.1) is 0 Å². The maximum absolute atomic E-state index is 12.6. The second kappa shape index (κ2) is 9.14. The van der Waals surface area contributed by atoms with Gasteiger partial charge in [-0.25, -0.2) is 13.2 Å². The molecular formula is C18H26N2O5S. The largest absolute Gasteiger partial charge is 0.465 e. The minimum absolute atomic E-state index is 0.0613. The number of benzene rings is 1.